The summed E-state index contributed by atoms with van der Waals surface area (Å²) in [6, 6.07) is 15.7. The molecule has 0 saturated carbocycles. The van der Waals surface area contributed by atoms with Gasteiger partial charge >= 0.3 is 0 Å². The Morgan fingerprint density at radius 2 is 1.59 bits per heavy atom. The fourth-order valence-corrected chi connectivity index (χ4v) is 2.57. The lowest BCUT2D eigenvalue weighted by molar-refractivity contribution is 0.102. The van der Waals surface area contributed by atoms with Crippen molar-refractivity contribution in [2.24, 2.45) is 0 Å². The van der Waals surface area contributed by atoms with Gasteiger partial charge in [-0.05, 0) is 50.2 Å². The monoisotopic (exact) mass is 393 g/mol. The van der Waals surface area contributed by atoms with Crippen molar-refractivity contribution < 1.29 is 18.7 Å². The minimum absolute atomic E-state index is 0.00683. The summed E-state index contributed by atoms with van der Waals surface area (Å²) in [7, 11) is 0. The molecule has 0 aliphatic heterocycles. The standard InChI is InChI=1S/C22H20FN3O3/c1-14(2)29-20-10-6-5-9-18(20)26-21(27)15-11-12-24-19(13-15)22(28)25-17-8-4-3-7-16(17)23/h3-14H,1-2H3,(H,25,28)(H,26,27). The van der Waals surface area contributed by atoms with Crippen LogP contribution in [0.3, 0.4) is 0 Å². The molecule has 0 spiro atoms. The van der Waals surface area contributed by atoms with E-state index in [1.165, 1.54) is 36.5 Å². The SMILES string of the molecule is CC(C)Oc1ccccc1NC(=O)c1ccnc(C(=O)Nc2ccccc2F)c1. The fraction of sp³-hybridized carbons (Fsp3) is 0.136. The Morgan fingerprint density at radius 1 is 0.931 bits per heavy atom. The third kappa shape index (κ3) is 5.16. The molecule has 2 N–H and O–H groups in total. The number of benzene rings is 2. The molecule has 3 aromatic rings. The molecule has 6 nitrogen and oxygen atoms in total. The second-order valence-corrected chi connectivity index (χ2v) is 6.48. The number of carbonyl (C=O) groups excluding carboxylic acids is 2. The summed E-state index contributed by atoms with van der Waals surface area (Å²) >= 11 is 0. The number of halogens is 1. The van der Waals surface area contributed by atoms with Gasteiger partial charge in [-0.1, -0.05) is 24.3 Å². The molecule has 0 aliphatic rings. The molecule has 3 rings (SSSR count). The first-order chi connectivity index (χ1) is 13.9. The fourth-order valence-electron chi connectivity index (χ4n) is 2.57. The average molecular weight is 393 g/mol. The lowest BCUT2D eigenvalue weighted by atomic mass is 10.2. The van der Waals surface area contributed by atoms with Crippen molar-refractivity contribution in [3.8, 4) is 5.75 Å². The molecule has 2 amide bonds. The van der Waals surface area contributed by atoms with Gasteiger partial charge in [0.25, 0.3) is 11.8 Å². The zero-order valence-corrected chi connectivity index (χ0v) is 16.0. The molecule has 0 atom stereocenters. The maximum atomic E-state index is 13.7. The van der Waals surface area contributed by atoms with Crippen molar-refractivity contribution >= 4 is 23.2 Å². The molecule has 7 heteroatoms. The van der Waals surface area contributed by atoms with Crippen LogP contribution in [0, 0.1) is 5.82 Å². The largest absolute Gasteiger partial charge is 0.489 e. The van der Waals surface area contributed by atoms with Gasteiger partial charge in [-0.3, -0.25) is 14.6 Å². The van der Waals surface area contributed by atoms with Crippen LogP contribution in [0.5, 0.6) is 5.75 Å². The number of para-hydroxylation sites is 3. The van der Waals surface area contributed by atoms with Crippen LogP contribution >= 0.6 is 0 Å². The van der Waals surface area contributed by atoms with Crippen molar-refractivity contribution in [1.82, 2.24) is 4.98 Å². The second-order valence-electron chi connectivity index (χ2n) is 6.48. The number of rotatable bonds is 6. The van der Waals surface area contributed by atoms with Gasteiger partial charge in [0.1, 0.15) is 17.3 Å². The maximum Gasteiger partial charge on any atom is 0.274 e. The number of ether oxygens (including phenoxy) is 1. The van der Waals surface area contributed by atoms with Crippen LogP contribution in [0.15, 0.2) is 66.9 Å². The van der Waals surface area contributed by atoms with Crippen LogP contribution < -0.4 is 15.4 Å². The van der Waals surface area contributed by atoms with E-state index in [-0.39, 0.29) is 23.0 Å². The first-order valence-corrected chi connectivity index (χ1v) is 9.03. The Kier molecular flexibility index (Phi) is 6.19. The number of carbonyl (C=O) groups is 2. The van der Waals surface area contributed by atoms with Crippen LogP contribution in [0.1, 0.15) is 34.7 Å². The zero-order chi connectivity index (χ0) is 20.8. The number of nitrogens with zero attached hydrogens (tertiary/aromatic N) is 1. The van der Waals surface area contributed by atoms with E-state index < -0.39 is 17.6 Å². The zero-order valence-electron chi connectivity index (χ0n) is 16.0. The van der Waals surface area contributed by atoms with E-state index in [4.69, 9.17) is 4.74 Å². The lowest BCUT2D eigenvalue weighted by Gasteiger charge is -2.15. The van der Waals surface area contributed by atoms with Crippen molar-refractivity contribution in [2.45, 2.75) is 20.0 Å². The highest BCUT2D eigenvalue weighted by atomic mass is 19.1. The van der Waals surface area contributed by atoms with Crippen LogP contribution in [0.4, 0.5) is 15.8 Å². The molecule has 0 bridgehead atoms. The summed E-state index contributed by atoms with van der Waals surface area (Å²) < 4.78 is 19.4. The van der Waals surface area contributed by atoms with Crippen molar-refractivity contribution in [2.75, 3.05) is 10.6 Å². The summed E-state index contributed by atoms with van der Waals surface area (Å²) in [4.78, 5) is 29.0. The van der Waals surface area contributed by atoms with E-state index in [0.717, 1.165) is 0 Å². The smallest absolute Gasteiger partial charge is 0.274 e. The molecule has 0 aliphatic carbocycles. The van der Waals surface area contributed by atoms with Gasteiger partial charge in [-0.15, -0.1) is 0 Å². The number of anilines is 2. The second kappa shape index (κ2) is 8.97. The van der Waals surface area contributed by atoms with E-state index in [1.807, 2.05) is 19.9 Å². The molecular formula is C22H20FN3O3. The molecule has 0 fully saturated rings. The number of amides is 2. The molecule has 148 valence electrons. The van der Waals surface area contributed by atoms with E-state index >= 15 is 0 Å². The number of nitrogens with one attached hydrogen (secondary N) is 2. The molecular weight excluding hydrogens is 373 g/mol. The number of hydrogen-bond acceptors (Lipinski definition) is 4. The molecule has 0 radical (unpaired) electrons. The molecule has 29 heavy (non-hydrogen) atoms. The Balaban J connectivity index is 1.76. The van der Waals surface area contributed by atoms with Crippen molar-refractivity contribution in [3.05, 3.63) is 83.9 Å². The third-order valence-corrected chi connectivity index (χ3v) is 3.87. The van der Waals surface area contributed by atoms with Gasteiger partial charge < -0.3 is 15.4 Å². The van der Waals surface area contributed by atoms with Crippen LogP contribution in [0.2, 0.25) is 0 Å². The molecule has 2 aromatic carbocycles. The highest BCUT2D eigenvalue weighted by Crippen LogP contribution is 2.25. The minimum Gasteiger partial charge on any atom is -0.489 e. The quantitative estimate of drug-likeness (QED) is 0.646. The van der Waals surface area contributed by atoms with Gasteiger partial charge in [-0.25, -0.2) is 4.39 Å². The highest BCUT2D eigenvalue weighted by Gasteiger charge is 2.15. The van der Waals surface area contributed by atoms with E-state index in [2.05, 4.69) is 15.6 Å². The average Bonchev–Trinajstić information content (AvgIpc) is 2.71. The Hall–Kier alpha value is -3.74. The molecule has 0 unspecified atom stereocenters. The van der Waals surface area contributed by atoms with E-state index in [1.54, 1.807) is 24.3 Å². The summed E-state index contributed by atoms with van der Waals surface area (Å²) in [5.41, 5.74) is 0.778. The number of pyridine rings is 1. The number of aromatic nitrogens is 1. The Labute approximate surface area is 167 Å². The Morgan fingerprint density at radius 3 is 2.31 bits per heavy atom. The summed E-state index contributed by atoms with van der Waals surface area (Å²) in [5.74, 6) is -1.06. The van der Waals surface area contributed by atoms with Crippen molar-refractivity contribution in [3.63, 3.8) is 0 Å². The molecule has 1 heterocycles. The lowest BCUT2D eigenvalue weighted by Crippen LogP contribution is -2.18. The van der Waals surface area contributed by atoms with Gasteiger partial charge in [0, 0.05) is 11.8 Å². The predicted molar refractivity (Wildman–Crippen MR) is 109 cm³/mol. The van der Waals surface area contributed by atoms with Gasteiger partial charge in [-0.2, -0.15) is 0 Å². The van der Waals surface area contributed by atoms with Gasteiger partial charge in [0.05, 0.1) is 17.5 Å². The third-order valence-electron chi connectivity index (χ3n) is 3.87. The normalized spacial score (nSPS) is 10.5. The first kappa shape index (κ1) is 20.0. The van der Waals surface area contributed by atoms with Crippen LogP contribution in [-0.2, 0) is 0 Å². The van der Waals surface area contributed by atoms with E-state index in [9.17, 15) is 14.0 Å². The predicted octanol–water partition coefficient (Wildman–Crippen LogP) is 4.51. The molecule has 1 aromatic heterocycles. The highest BCUT2D eigenvalue weighted by molar-refractivity contribution is 6.08. The van der Waals surface area contributed by atoms with Gasteiger partial charge in [0.15, 0.2) is 0 Å². The van der Waals surface area contributed by atoms with Gasteiger partial charge in [0.2, 0.25) is 0 Å². The topological polar surface area (TPSA) is 80.3 Å². The summed E-state index contributed by atoms with van der Waals surface area (Å²) in [6.07, 6.45) is 1.30. The van der Waals surface area contributed by atoms with Crippen LogP contribution in [-0.4, -0.2) is 22.9 Å². The molecule has 0 saturated heterocycles. The van der Waals surface area contributed by atoms with E-state index in [0.29, 0.717) is 11.4 Å². The number of hydrogen-bond donors (Lipinski definition) is 2. The first-order valence-electron chi connectivity index (χ1n) is 9.03. The summed E-state index contributed by atoms with van der Waals surface area (Å²) in [5, 5.41) is 5.22. The maximum absolute atomic E-state index is 13.7. The minimum atomic E-state index is -0.617. The van der Waals surface area contributed by atoms with Crippen LogP contribution in [0.25, 0.3) is 0 Å². The summed E-state index contributed by atoms with van der Waals surface area (Å²) in [6.45, 7) is 3.78. The van der Waals surface area contributed by atoms with Crippen molar-refractivity contribution in [1.29, 1.82) is 0 Å². The Bertz CT molecular complexity index is 1040.